The average molecular weight is 327 g/mol. The first-order valence-electron chi connectivity index (χ1n) is 4.90. The normalized spacial score (nSPS) is 11.1. The van der Waals surface area contributed by atoms with Gasteiger partial charge >= 0.3 is 0 Å². The first-order chi connectivity index (χ1) is 8.25. The Morgan fingerprint density at radius 1 is 1.29 bits per heavy atom. The van der Waals surface area contributed by atoms with Crippen molar-refractivity contribution in [2.75, 3.05) is 0 Å². The fourth-order valence-electron chi connectivity index (χ4n) is 1.60. The molecular weight excluding hydrogens is 320 g/mol. The molecule has 0 saturated carbocycles. The van der Waals surface area contributed by atoms with E-state index in [4.69, 9.17) is 0 Å². The number of thiophene rings is 2. The van der Waals surface area contributed by atoms with Crippen LogP contribution in [0.25, 0.3) is 10.2 Å². The summed E-state index contributed by atoms with van der Waals surface area (Å²) in [6.07, 6.45) is 1.62. The quantitative estimate of drug-likeness (QED) is 0.724. The molecule has 0 amide bonds. The number of halogens is 1. The third-order valence-electron chi connectivity index (χ3n) is 2.46. The predicted molar refractivity (Wildman–Crippen MR) is 75.0 cm³/mol. The molecule has 0 radical (unpaired) electrons. The zero-order valence-electron chi connectivity index (χ0n) is 8.59. The largest absolute Gasteiger partial charge is 0.293 e. The van der Waals surface area contributed by atoms with Gasteiger partial charge in [-0.3, -0.25) is 9.36 Å². The molecule has 6 heteroatoms. The molecule has 3 nitrogen and oxygen atoms in total. The fourth-order valence-corrected chi connectivity index (χ4v) is 3.80. The third kappa shape index (κ3) is 1.96. The van der Waals surface area contributed by atoms with E-state index in [1.54, 1.807) is 22.2 Å². The van der Waals surface area contributed by atoms with Gasteiger partial charge in [-0.1, -0.05) is 0 Å². The van der Waals surface area contributed by atoms with Crippen LogP contribution in [-0.4, -0.2) is 9.55 Å². The summed E-state index contributed by atoms with van der Waals surface area (Å²) in [7, 11) is 0. The molecule has 3 aromatic heterocycles. The van der Waals surface area contributed by atoms with E-state index in [2.05, 4.69) is 20.9 Å². The molecule has 0 fully saturated rings. The number of fused-ring (bicyclic) bond motifs is 1. The van der Waals surface area contributed by atoms with Crippen molar-refractivity contribution >= 4 is 48.8 Å². The monoisotopic (exact) mass is 326 g/mol. The fraction of sp³-hybridized carbons (Fsp3) is 0.0909. The lowest BCUT2D eigenvalue weighted by Gasteiger charge is -2.03. The van der Waals surface area contributed by atoms with Gasteiger partial charge < -0.3 is 0 Å². The van der Waals surface area contributed by atoms with E-state index in [0.29, 0.717) is 11.9 Å². The summed E-state index contributed by atoms with van der Waals surface area (Å²) in [5, 5.41) is 4.59. The van der Waals surface area contributed by atoms with Gasteiger partial charge in [0, 0.05) is 9.35 Å². The lowest BCUT2D eigenvalue weighted by atomic mass is 10.4. The predicted octanol–water partition coefficient (Wildman–Crippen LogP) is 3.33. The van der Waals surface area contributed by atoms with Gasteiger partial charge in [0.1, 0.15) is 4.83 Å². The van der Waals surface area contributed by atoms with Crippen molar-refractivity contribution in [3.8, 4) is 0 Å². The van der Waals surface area contributed by atoms with E-state index in [1.807, 2.05) is 22.9 Å². The molecule has 17 heavy (non-hydrogen) atoms. The second kappa shape index (κ2) is 4.36. The number of hydrogen-bond acceptors (Lipinski definition) is 4. The standard InChI is InChI=1S/C11H7BrN2OS2/c12-8-2-4-16-9(8)5-14-6-13-10-7(11(14)15)1-3-17-10/h1-4,6H,5H2. The maximum absolute atomic E-state index is 12.1. The van der Waals surface area contributed by atoms with Crippen LogP contribution in [0.4, 0.5) is 0 Å². The number of hydrogen-bond donors (Lipinski definition) is 0. The van der Waals surface area contributed by atoms with Crippen LogP contribution in [0, 0.1) is 0 Å². The van der Waals surface area contributed by atoms with Crippen molar-refractivity contribution < 1.29 is 0 Å². The minimum absolute atomic E-state index is 0.0246. The Kier molecular flexibility index (Phi) is 2.85. The van der Waals surface area contributed by atoms with Crippen molar-refractivity contribution in [3.63, 3.8) is 0 Å². The highest BCUT2D eigenvalue weighted by atomic mass is 79.9. The van der Waals surface area contributed by atoms with Gasteiger partial charge in [0.2, 0.25) is 0 Å². The van der Waals surface area contributed by atoms with Gasteiger partial charge in [0.25, 0.3) is 5.56 Å². The van der Waals surface area contributed by atoms with Gasteiger partial charge in [-0.15, -0.1) is 22.7 Å². The van der Waals surface area contributed by atoms with Gasteiger partial charge in [-0.05, 0) is 38.8 Å². The van der Waals surface area contributed by atoms with E-state index >= 15 is 0 Å². The van der Waals surface area contributed by atoms with E-state index in [1.165, 1.54) is 11.3 Å². The van der Waals surface area contributed by atoms with Gasteiger partial charge in [-0.2, -0.15) is 0 Å². The van der Waals surface area contributed by atoms with Crippen LogP contribution in [0.5, 0.6) is 0 Å². The average Bonchev–Trinajstić information content (AvgIpc) is 2.92. The smallest absolute Gasteiger partial charge is 0.262 e. The lowest BCUT2D eigenvalue weighted by molar-refractivity contribution is 0.757. The third-order valence-corrected chi connectivity index (χ3v) is 5.19. The minimum Gasteiger partial charge on any atom is -0.293 e. The highest BCUT2D eigenvalue weighted by Gasteiger charge is 2.07. The molecule has 0 aliphatic carbocycles. The number of aromatic nitrogens is 2. The van der Waals surface area contributed by atoms with Crippen LogP contribution in [0.3, 0.4) is 0 Å². The van der Waals surface area contributed by atoms with Crippen LogP contribution in [0.15, 0.2) is 38.5 Å². The molecule has 0 bridgehead atoms. The lowest BCUT2D eigenvalue weighted by Crippen LogP contribution is -2.20. The molecule has 3 heterocycles. The first kappa shape index (κ1) is 11.1. The second-order valence-corrected chi connectivity index (χ2v) is 6.26. The zero-order valence-corrected chi connectivity index (χ0v) is 11.8. The summed E-state index contributed by atoms with van der Waals surface area (Å²) in [5.41, 5.74) is 0.0246. The molecule has 0 aliphatic rings. The van der Waals surface area contributed by atoms with E-state index in [-0.39, 0.29) is 5.56 Å². The van der Waals surface area contributed by atoms with Crippen LogP contribution in [0.1, 0.15) is 4.88 Å². The van der Waals surface area contributed by atoms with Gasteiger partial charge in [-0.25, -0.2) is 4.98 Å². The van der Waals surface area contributed by atoms with Crippen molar-refractivity contribution in [2.45, 2.75) is 6.54 Å². The molecule has 0 N–H and O–H groups in total. The SMILES string of the molecule is O=c1c2ccsc2ncn1Cc1sccc1Br. The Morgan fingerprint density at radius 2 is 2.12 bits per heavy atom. The van der Waals surface area contributed by atoms with Gasteiger partial charge in [0.05, 0.1) is 18.3 Å². The highest BCUT2D eigenvalue weighted by Crippen LogP contribution is 2.23. The number of rotatable bonds is 2. The van der Waals surface area contributed by atoms with Crippen molar-refractivity contribution in [1.82, 2.24) is 9.55 Å². The summed E-state index contributed by atoms with van der Waals surface area (Å²) in [5.74, 6) is 0. The molecule has 3 aromatic rings. The van der Waals surface area contributed by atoms with Gasteiger partial charge in [0.15, 0.2) is 0 Å². The van der Waals surface area contributed by atoms with E-state index in [0.717, 1.165) is 14.2 Å². The minimum atomic E-state index is 0.0246. The first-order valence-corrected chi connectivity index (χ1v) is 7.45. The van der Waals surface area contributed by atoms with E-state index in [9.17, 15) is 4.79 Å². The molecule has 0 atom stereocenters. The zero-order chi connectivity index (χ0) is 11.8. The molecule has 0 unspecified atom stereocenters. The summed E-state index contributed by atoms with van der Waals surface area (Å²) in [6.45, 7) is 0.565. The molecule has 0 saturated heterocycles. The van der Waals surface area contributed by atoms with Crippen LogP contribution < -0.4 is 5.56 Å². The molecule has 0 aliphatic heterocycles. The Morgan fingerprint density at radius 3 is 2.88 bits per heavy atom. The molecule has 0 aromatic carbocycles. The summed E-state index contributed by atoms with van der Waals surface area (Å²) in [4.78, 5) is 18.4. The molecule has 86 valence electrons. The molecular formula is C11H7BrN2OS2. The Balaban J connectivity index is 2.09. The topological polar surface area (TPSA) is 34.9 Å². The molecule has 0 spiro atoms. The highest BCUT2D eigenvalue weighted by molar-refractivity contribution is 9.10. The van der Waals surface area contributed by atoms with Crippen LogP contribution >= 0.6 is 38.6 Å². The Bertz CT molecular complexity index is 728. The number of nitrogens with zero attached hydrogens (tertiary/aromatic N) is 2. The second-order valence-electron chi connectivity index (χ2n) is 3.51. The summed E-state index contributed by atoms with van der Waals surface area (Å²) in [6, 6.07) is 3.82. The summed E-state index contributed by atoms with van der Waals surface area (Å²) < 4.78 is 2.69. The van der Waals surface area contributed by atoms with Crippen LogP contribution in [0.2, 0.25) is 0 Å². The van der Waals surface area contributed by atoms with Crippen LogP contribution in [-0.2, 0) is 6.54 Å². The van der Waals surface area contributed by atoms with Crippen molar-refractivity contribution in [3.05, 3.63) is 48.9 Å². The summed E-state index contributed by atoms with van der Waals surface area (Å²) >= 11 is 6.59. The van der Waals surface area contributed by atoms with Crippen molar-refractivity contribution in [2.24, 2.45) is 0 Å². The molecule has 3 rings (SSSR count). The Labute approximate surface area is 113 Å². The van der Waals surface area contributed by atoms with Crippen molar-refractivity contribution in [1.29, 1.82) is 0 Å². The Hall–Kier alpha value is -0.980. The maximum atomic E-state index is 12.1. The maximum Gasteiger partial charge on any atom is 0.262 e. The van der Waals surface area contributed by atoms with E-state index < -0.39 is 0 Å².